The van der Waals surface area contributed by atoms with E-state index in [0.717, 1.165) is 12.5 Å². The van der Waals surface area contributed by atoms with Gasteiger partial charge in [-0.15, -0.1) is 0 Å². The highest BCUT2D eigenvalue weighted by Crippen LogP contribution is 2.34. The maximum absolute atomic E-state index is 3.58. The smallest absolute Gasteiger partial charge is 0.00965 e. The van der Waals surface area contributed by atoms with Crippen molar-refractivity contribution in [1.29, 1.82) is 0 Å². The molecule has 0 aliphatic rings. The summed E-state index contributed by atoms with van der Waals surface area (Å²) in [6, 6.07) is 0. The SMILES string of the molecule is CCC(CC)C(C)(C)CCNC(C)(C)C. The quantitative estimate of drug-likeness (QED) is 0.696. The van der Waals surface area contributed by atoms with Gasteiger partial charge in [0.15, 0.2) is 0 Å². The zero-order chi connectivity index (χ0) is 12.1. The molecular formula is C14H31N. The van der Waals surface area contributed by atoms with Crippen LogP contribution < -0.4 is 5.32 Å². The molecule has 0 aromatic carbocycles. The zero-order valence-corrected chi connectivity index (χ0v) is 11.9. The number of hydrogen-bond donors (Lipinski definition) is 1. The highest BCUT2D eigenvalue weighted by molar-refractivity contribution is 4.79. The molecule has 0 amide bonds. The number of rotatable bonds is 6. The monoisotopic (exact) mass is 213 g/mol. The van der Waals surface area contributed by atoms with Crippen LogP contribution in [0.1, 0.15) is 67.7 Å². The maximum Gasteiger partial charge on any atom is 0.00965 e. The first-order chi connectivity index (χ1) is 6.73. The van der Waals surface area contributed by atoms with E-state index in [1.807, 2.05) is 0 Å². The summed E-state index contributed by atoms with van der Waals surface area (Å²) in [5.41, 5.74) is 0.728. The van der Waals surface area contributed by atoms with Crippen molar-refractivity contribution in [2.24, 2.45) is 11.3 Å². The molecule has 0 aliphatic carbocycles. The molecule has 1 heteroatoms. The van der Waals surface area contributed by atoms with E-state index in [2.05, 4.69) is 53.8 Å². The van der Waals surface area contributed by atoms with E-state index in [-0.39, 0.29) is 5.54 Å². The summed E-state index contributed by atoms with van der Waals surface area (Å²) in [6.45, 7) is 17.3. The highest BCUT2D eigenvalue weighted by Gasteiger charge is 2.26. The summed E-state index contributed by atoms with van der Waals surface area (Å²) in [6.07, 6.45) is 3.88. The lowest BCUT2D eigenvalue weighted by Crippen LogP contribution is -2.39. The molecule has 0 aromatic heterocycles. The van der Waals surface area contributed by atoms with E-state index in [1.165, 1.54) is 19.3 Å². The van der Waals surface area contributed by atoms with Crippen molar-refractivity contribution in [2.45, 2.75) is 73.3 Å². The molecule has 1 nitrogen and oxygen atoms in total. The minimum atomic E-state index is 0.254. The van der Waals surface area contributed by atoms with Gasteiger partial charge in [0, 0.05) is 5.54 Å². The van der Waals surface area contributed by atoms with Crippen molar-refractivity contribution in [3.8, 4) is 0 Å². The average Bonchev–Trinajstić information content (AvgIpc) is 2.02. The van der Waals surface area contributed by atoms with E-state index < -0.39 is 0 Å². The van der Waals surface area contributed by atoms with Crippen LogP contribution in [0, 0.1) is 11.3 Å². The molecule has 0 atom stereocenters. The third-order valence-corrected chi connectivity index (χ3v) is 3.52. The molecule has 0 bridgehead atoms. The molecule has 0 heterocycles. The van der Waals surface area contributed by atoms with Gasteiger partial charge >= 0.3 is 0 Å². The van der Waals surface area contributed by atoms with Gasteiger partial charge in [-0.25, -0.2) is 0 Å². The molecule has 0 aliphatic heterocycles. The van der Waals surface area contributed by atoms with E-state index in [9.17, 15) is 0 Å². The largest absolute Gasteiger partial charge is 0.312 e. The van der Waals surface area contributed by atoms with E-state index >= 15 is 0 Å². The highest BCUT2D eigenvalue weighted by atomic mass is 14.9. The van der Waals surface area contributed by atoms with Crippen molar-refractivity contribution in [3.63, 3.8) is 0 Å². The van der Waals surface area contributed by atoms with Gasteiger partial charge in [0.1, 0.15) is 0 Å². The van der Waals surface area contributed by atoms with Gasteiger partial charge in [-0.05, 0) is 45.1 Å². The standard InChI is InChI=1S/C14H31N/c1-8-12(9-2)14(6,7)10-11-15-13(3,4)5/h12,15H,8-11H2,1-7H3. The van der Waals surface area contributed by atoms with Crippen LogP contribution in [-0.4, -0.2) is 12.1 Å². The molecule has 1 N–H and O–H groups in total. The second-order valence-corrected chi connectivity index (χ2v) is 6.43. The zero-order valence-electron chi connectivity index (χ0n) is 11.9. The Morgan fingerprint density at radius 3 is 1.73 bits per heavy atom. The molecule has 0 rings (SSSR count). The van der Waals surface area contributed by atoms with Crippen molar-refractivity contribution in [1.82, 2.24) is 5.32 Å². The Labute approximate surface area is 97.0 Å². The first-order valence-electron chi connectivity index (χ1n) is 6.48. The molecule has 15 heavy (non-hydrogen) atoms. The second kappa shape index (κ2) is 5.89. The summed E-state index contributed by atoms with van der Waals surface area (Å²) in [7, 11) is 0. The molecule has 0 saturated heterocycles. The van der Waals surface area contributed by atoms with E-state index in [1.54, 1.807) is 0 Å². The fourth-order valence-corrected chi connectivity index (χ4v) is 2.36. The minimum Gasteiger partial charge on any atom is -0.312 e. The minimum absolute atomic E-state index is 0.254. The third kappa shape index (κ3) is 6.19. The second-order valence-electron chi connectivity index (χ2n) is 6.43. The number of hydrogen-bond acceptors (Lipinski definition) is 1. The van der Waals surface area contributed by atoms with Crippen molar-refractivity contribution in [3.05, 3.63) is 0 Å². The first-order valence-corrected chi connectivity index (χ1v) is 6.48. The molecule has 0 fully saturated rings. The van der Waals surface area contributed by atoms with Gasteiger partial charge in [-0.2, -0.15) is 0 Å². The Kier molecular flexibility index (Phi) is 5.87. The molecular weight excluding hydrogens is 182 g/mol. The van der Waals surface area contributed by atoms with E-state index in [4.69, 9.17) is 0 Å². The van der Waals surface area contributed by atoms with Gasteiger partial charge in [-0.1, -0.05) is 40.5 Å². The molecule has 0 saturated carbocycles. The lowest BCUT2D eigenvalue weighted by Gasteiger charge is -2.34. The van der Waals surface area contributed by atoms with Crippen LogP contribution in [0.25, 0.3) is 0 Å². The summed E-state index contributed by atoms with van der Waals surface area (Å²) in [5, 5.41) is 3.58. The topological polar surface area (TPSA) is 12.0 Å². The third-order valence-electron chi connectivity index (χ3n) is 3.52. The fourth-order valence-electron chi connectivity index (χ4n) is 2.36. The maximum atomic E-state index is 3.58. The molecule has 92 valence electrons. The van der Waals surface area contributed by atoms with Gasteiger partial charge in [0.2, 0.25) is 0 Å². The Hall–Kier alpha value is -0.0400. The summed E-state index contributed by atoms with van der Waals surface area (Å²) < 4.78 is 0. The van der Waals surface area contributed by atoms with Gasteiger partial charge in [0.25, 0.3) is 0 Å². The molecule has 0 spiro atoms. The van der Waals surface area contributed by atoms with Crippen LogP contribution in [0.2, 0.25) is 0 Å². The van der Waals surface area contributed by atoms with Crippen molar-refractivity contribution < 1.29 is 0 Å². The van der Waals surface area contributed by atoms with Crippen LogP contribution in [0.5, 0.6) is 0 Å². The van der Waals surface area contributed by atoms with Crippen LogP contribution in [-0.2, 0) is 0 Å². The van der Waals surface area contributed by atoms with Gasteiger partial charge < -0.3 is 5.32 Å². The van der Waals surface area contributed by atoms with Crippen molar-refractivity contribution >= 4 is 0 Å². The molecule has 0 aromatic rings. The Balaban J connectivity index is 4.03. The molecule has 0 unspecified atom stereocenters. The van der Waals surface area contributed by atoms with Crippen LogP contribution in [0.3, 0.4) is 0 Å². The first kappa shape index (κ1) is 15.0. The Bertz CT molecular complexity index is 161. The number of nitrogens with one attached hydrogen (secondary N) is 1. The van der Waals surface area contributed by atoms with Crippen LogP contribution in [0.4, 0.5) is 0 Å². The summed E-state index contributed by atoms with van der Waals surface area (Å²) in [5.74, 6) is 0.860. The Morgan fingerprint density at radius 1 is 0.933 bits per heavy atom. The Morgan fingerprint density at radius 2 is 1.40 bits per heavy atom. The van der Waals surface area contributed by atoms with Gasteiger partial charge in [0.05, 0.1) is 0 Å². The van der Waals surface area contributed by atoms with Gasteiger partial charge in [-0.3, -0.25) is 0 Å². The van der Waals surface area contributed by atoms with Crippen molar-refractivity contribution in [2.75, 3.05) is 6.54 Å². The van der Waals surface area contributed by atoms with E-state index in [0.29, 0.717) is 5.41 Å². The van der Waals surface area contributed by atoms with Crippen LogP contribution in [0.15, 0.2) is 0 Å². The summed E-state index contributed by atoms with van der Waals surface area (Å²) in [4.78, 5) is 0. The van der Waals surface area contributed by atoms with Crippen LogP contribution >= 0.6 is 0 Å². The predicted molar refractivity (Wildman–Crippen MR) is 70.2 cm³/mol. The lowest BCUT2D eigenvalue weighted by molar-refractivity contribution is 0.176. The molecule has 0 radical (unpaired) electrons. The lowest BCUT2D eigenvalue weighted by atomic mass is 9.73. The normalized spacial score (nSPS) is 13.6. The average molecular weight is 213 g/mol. The fraction of sp³-hybridized carbons (Fsp3) is 1.00. The summed E-state index contributed by atoms with van der Waals surface area (Å²) >= 11 is 0. The predicted octanol–water partition coefficient (Wildman–Crippen LogP) is 4.23.